The molecule has 1 aliphatic heterocycles. The van der Waals surface area contributed by atoms with E-state index in [1.165, 1.54) is 16.9 Å². The molecule has 3 heteroatoms. The van der Waals surface area contributed by atoms with Gasteiger partial charge in [0.25, 0.3) is 0 Å². The molecule has 0 spiro atoms. The minimum atomic E-state index is 0.447. The van der Waals surface area contributed by atoms with E-state index in [-0.39, 0.29) is 0 Å². The molecule has 104 valence electrons. The zero-order valence-electron chi connectivity index (χ0n) is 12.0. The maximum Gasteiger partial charge on any atom is 0.0495 e. The van der Waals surface area contributed by atoms with Gasteiger partial charge in [0.05, 0.1) is 0 Å². The minimum Gasteiger partial charge on any atom is -0.398 e. The van der Waals surface area contributed by atoms with Crippen LogP contribution in [0.15, 0.2) is 54.9 Å². The van der Waals surface area contributed by atoms with Crippen molar-refractivity contribution in [3.63, 3.8) is 0 Å². The molecule has 1 aliphatic rings. The van der Waals surface area contributed by atoms with Gasteiger partial charge in [-0.2, -0.15) is 0 Å². The third kappa shape index (κ3) is 1.77. The highest BCUT2D eigenvalue weighted by Crippen LogP contribution is 2.41. The Balaban J connectivity index is 1.97. The maximum absolute atomic E-state index is 6.09. The topological polar surface area (TPSA) is 42.1 Å². The molecule has 0 amide bonds. The lowest BCUT2D eigenvalue weighted by Crippen LogP contribution is -2.24. The molecule has 1 unspecified atom stereocenters. The lowest BCUT2D eigenvalue weighted by Gasteiger charge is -2.26. The van der Waals surface area contributed by atoms with E-state index < -0.39 is 0 Å². The van der Waals surface area contributed by atoms with Crippen molar-refractivity contribution in [2.24, 2.45) is 0 Å². The summed E-state index contributed by atoms with van der Waals surface area (Å²) in [5.41, 5.74) is 10.8. The van der Waals surface area contributed by atoms with Crippen LogP contribution in [0.3, 0.4) is 0 Å². The number of nitrogen functional groups attached to an aromatic ring is 1. The highest BCUT2D eigenvalue weighted by molar-refractivity contribution is 6.02. The lowest BCUT2D eigenvalue weighted by atomic mass is 10.1. The Morgan fingerprint density at radius 1 is 1.05 bits per heavy atom. The Morgan fingerprint density at radius 3 is 2.81 bits per heavy atom. The fraction of sp³-hybridized carbons (Fsp3) is 0.167. The second kappa shape index (κ2) is 4.48. The Morgan fingerprint density at radius 2 is 1.90 bits per heavy atom. The van der Waals surface area contributed by atoms with Crippen LogP contribution < -0.4 is 10.6 Å². The van der Waals surface area contributed by atoms with Gasteiger partial charge >= 0.3 is 0 Å². The van der Waals surface area contributed by atoms with E-state index in [9.17, 15) is 0 Å². The molecule has 0 bridgehead atoms. The molecule has 0 aliphatic carbocycles. The van der Waals surface area contributed by atoms with Gasteiger partial charge < -0.3 is 10.6 Å². The standard InChI is InChI=1S/C18H17N3/c1-12-10-13-4-2-3-5-17(13)21(12)18-7-6-16(19)15-11-20-9-8-14(15)18/h2-9,11-12H,10,19H2,1H3. The van der Waals surface area contributed by atoms with Crippen LogP contribution in [0.2, 0.25) is 0 Å². The normalized spacial score (nSPS) is 17.2. The third-order valence-corrected chi connectivity index (χ3v) is 4.30. The van der Waals surface area contributed by atoms with Gasteiger partial charge in [0.1, 0.15) is 0 Å². The number of fused-ring (bicyclic) bond motifs is 2. The summed E-state index contributed by atoms with van der Waals surface area (Å²) in [7, 11) is 0. The average Bonchev–Trinajstić information content (AvgIpc) is 2.84. The highest BCUT2D eigenvalue weighted by atomic mass is 15.2. The van der Waals surface area contributed by atoms with Crippen LogP contribution in [0, 0.1) is 0 Å². The molecular formula is C18H17N3. The molecule has 3 aromatic rings. The summed E-state index contributed by atoms with van der Waals surface area (Å²) in [5, 5.41) is 2.18. The van der Waals surface area contributed by atoms with Crippen LogP contribution in [0.1, 0.15) is 12.5 Å². The van der Waals surface area contributed by atoms with Gasteiger partial charge in [-0.15, -0.1) is 0 Å². The highest BCUT2D eigenvalue weighted by Gasteiger charge is 2.27. The number of anilines is 3. The summed E-state index contributed by atoms with van der Waals surface area (Å²) in [6.45, 7) is 2.27. The van der Waals surface area contributed by atoms with E-state index in [1.54, 1.807) is 0 Å². The second-order valence-corrected chi connectivity index (χ2v) is 5.65. The van der Waals surface area contributed by atoms with Crippen molar-refractivity contribution in [2.75, 3.05) is 10.6 Å². The van der Waals surface area contributed by atoms with Crippen LogP contribution in [-0.4, -0.2) is 11.0 Å². The molecule has 0 fully saturated rings. The number of pyridine rings is 1. The monoisotopic (exact) mass is 275 g/mol. The molecule has 4 rings (SSSR count). The van der Waals surface area contributed by atoms with Gasteiger partial charge in [-0.25, -0.2) is 0 Å². The van der Waals surface area contributed by atoms with Crippen molar-refractivity contribution in [1.82, 2.24) is 4.98 Å². The van der Waals surface area contributed by atoms with E-state index in [2.05, 4.69) is 53.2 Å². The van der Waals surface area contributed by atoms with Gasteiger partial charge in [0.2, 0.25) is 0 Å². The molecular weight excluding hydrogens is 258 g/mol. The SMILES string of the molecule is CC1Cc2ccccc2N1c1ccc(N)c2cnccc12. The predicted molar refractivity (Wildman–Crippen MR) is 87.9 cm³/mol. The van der Waals surface area contributed by atoms with Crippen molar-refractivity contribution in [2.45, 2.75) is 19.4 Å². The molecule has 2 heterocycles. The van der Waals surface area contributed by atoms with Gasteiger partial charge in [0.15, 0.2) is 0 Å². The van der Waals surface area contributed by atoms with Crippen LogP contribution >= 0.6 is 0 Å². The smallest absolute Gasteiger partial charge is 0.0495 e. The molecule has 0 radical (unpaired) electrons. The third-order valence-electron chi connectivity index (χ3n) is 4.30. The Labute approximate surface area is 124 Å². The zero-order chi connectivity index (χ0) is 14.4. The van der Waals surface area contributed by atoms with Crippen molar-refractivity contribution in [1.29, 1.82) is 0 Å². The van der Waals surface area contributed by atoms with Crippen LogP contribution in [0.4, 0.5) is 17.1 Å². The lowest BCUT2D eigenvalue weighted by molar-refractivity contribution is 0.761. The van der Waals surface area contributed by atoms with Gasteiger partial charge in [-0.05, 0) is 43.2 Å². The molecule has 2 aromatic carbocycles. The van der Waals surface area contributed by atoms with Gasteiger partial charge in [-0.1, -0.05) is 18.2 Å². The summed E-state index contributed by atoms with van der Waals surface area (Å²) in [5.74, 6) is 0. The van der Waals surface area contributed by atoms with Crippen molar-refractivity contribution >= 4 is 27.8 Å². The van der Waals surface area contributed by atoms with E-state index in [4.69, 9.17) is 5.73 Å². The summed E-state index contributed by atoms with van der Waals surface area (Å²) in [6.07, 6.45) is 4.76. The zero-order valence-corrected chi connectivity index (χ0v) is 12.0. The van der Waals surface area contributed by atoms with Gasteiger partial charge in [0, 0.05) is 46.3 Å². The summed E-state index contributed by atoms with van der Waals surface area (Å²) in [4.78, 5) is 6.62. The first-order valence-electron chi connectivity index (χ1n) is 7.25. The molecule has 3 nitrogen and oxygen atoms in total. The van der Waals surface area contributed by atoms with E-state index in [0.29, 0.717) is 6.04 Å². The summed E-state index contributed by atoms with van der Waals surface area (Å²) >= 11 is 0. The van der Waals surface area contributed by atoms with Crippen molar-refractivity contribution in [3.8, 4) is 0 Å². The molecule has 1 aromatic heterocycles. The van der Waals surface area contributed by atoms with E-state index in [0.717, 1.165) is 22.9 Å². The number of para-hydroxylation sites is 1. The maximum atomic E-state index is 6.09. The van der Waals surface area contributed by atoms with Crippen LogP contribution in [0.25, 0.3) is 10.8 Å². The van der Waals surface area contributed by atoms with E-state index >= 15 is 0 Å². The van der Waals surface area contributed by atoms with Crippen LogP contribution in [-0.2, 0) is 6.42 Å². The van der Waals surface area contributed by atoms with Crippen LogP contribution in [0.5, 0.6) is 0 Å². The Kier molecular flexibility index (Phi) is 2.61. The Hall–Kier alpha value is -2.55. The number of rotatable bonds is 1. The number of benzene rings is 2. The molecule has 2 N–H and O–H groups in total. The second-order valence-electron chi connectivity index (χ2n) is 5.65. The molecule has 0 saturated carbocycles. The number of nitrogens with zero attached hydrogens (tertiary/aromatic N) is 2. The first kappa shape index (κ1) is 12.2. The average molecular weight is 275 g/mol. The van der Waals surface area contributed by atoms with Crippen molar-refractivity contribution in [3.05, 3.63) is 60.4 Å². The first-order valence-corrected chi connectivity index (χ1v) is 7.25. The fourth-order valence-corrected chi connectivity index (χ4v) is 3.34. The first-order chi connectivity index (χ1) is 10.3. The number of nitrogens with two attached hydrogens (primary N) is 1. The fourth-order valence-electron chi connectivity index (χ4n) is 3.34. The van der Waals surface area contributed by atoms with E-state index in [1.807, 2.05) is 18.5 Å². The predicted octanol–water partition coefficient (Wildman–Crippen LogP) is 3.90. The Bertz CT molecular complexity index is 826. The largest absolute Gasteiger partial charge is 0.398 e. The molecule has 0 saturated heterocycles. The minimum absolute atomic E-state index is 0.447. The molecule has 1 atom stereocenters. The number of hydrogen-bond donors (Lipinski definition) is 1. The number of hydrogen-bond acceptors (Lipinski definition) is 3. The quantitative estimate of drug-likeness (QED) is 0.685. The summed E-state index contributed by atoms with van der Waals surface area (Å²) in [6, 6.07) is 15.2. The van der Waals surface area contributed by atoms with Crippen molar-refractivity contribution < 1.29 is 0 Å². The molecule has 21 heavy (non-hydrogen) atoms. The number of aromatic nitrogens is 1. The summed E-state index contributed by atoms with van der Waals surface area (Å²) < 4.78 is 0. The van der Waals surface area contributed by atoms with Gasteiger partial charge in [-0.3, -0.25) is 4.98 Å².